The van der Waals surface area contributed by atoms with Gasteiger partial charge in [-0.1, -0.05) is 0 Å². The molecule has 0 aromatic heterocycles. The van der Waals surface area contributed by atoms with Crippen LogP contribution in [0.1, 0.15) is 6.42 Å². The number of halogens is 2. The molecule has 1 heterocycles. The molecule has 4 nitrogen and oxygen atoms in total. The van der Waals surface area contributed by atoms with E-state index in [4.69, 9.17) is 10.5 Å². The van der Waals surface area contributed by atoms with Crippen LogP contribution in [0.5, 0.6) is 0 Å². The molecule has 1 fully saturated rings. The van der Waals surface area contributed by atoms with Crippen LogP contribution in [0.2, 0.25) is 0 Å². The number of ether oxygens (including phenoxy) is 1. The van der Waals surface area contributed by atoms with Crippen LogP contribution in [0.15, 0.2) is 12.1 Å². The molecule has 6 heteroatoms. The third-order valence-electron chi connectivity index (χ3n) is 2.80. The molecule has 0 radical (unpaired) electrons. The van der Waals surface area contributed by atoms with Crippen molar-refractivity contribution < 1.29 is 18.6 Å². The molecule has 1 atom stereocenters. The van der Waals surface area contributed by atoms with E-state index >= 15 is 0 Å². The van der Waals surface area contributed by atoms with Gasteiger partial charge in [0, 0.05) is 19.6 Å². The average molecular weight is 244 g/mol. The van der Waals surface area contributed by atoms with E-state index in [2.05, 4.69) is 5.32 Å². The summed E-state index contributed by atoms with van der Waals surface area (Å²) in [4.78, 5) is 0. The molecule has 0 spiro atoms. The predicted molar refractivity (Wildman–Crippen MR) is 59.6 cm³/mol. The Kier molecular flexibility index (Phi) is 3.17. The van der Waals surface area contributed by atoms with Gasteiger partial charge in [-0.2, -0.15) is 0 Å². The summed E-state index contributed by atoms with van der Waals surface area (Å²) in [7, 11) is 0. The molecule has 1 saturated heterocycles. The Morgan fingerprint density at radius 3 is 2.88 bits per heavy atom. The van der Waals surface area contributed by atoms with Gasteiger partial charge in [0.25, 0.3) is 0 Å². The molecule has 0 bridgehead atoms. The first-order chi connectivity index (χ1) is 8.02. The third kappa shape index (κ3) is 2.48. The Bertz CT molecular complexity index is 420. The number of nitrogens with one attached hydrogen (secondary N) is 1. The van der Waals surface area contributed by atoms with Crippen LogP contribution >= 0.6 is 0 Å². The summed E-state index contributed by atoms with van der Waals surface area (Å²) in [6, 6.07) is 2.24. The Balaban J connectivity index is 2.11. The summed E-state index contributed by atoms with van der Waals surface area (Å²) in [5, 5.41) is 12.6. The summed E-state index contributed by atoms with van der Waals surface area (Å²) >= 11 is 0. The van der Waals surface area contributed by atoms with Crippen LogP contribution in [0.25, 0.3) is 0 Å². The fraction of sp³-hybridized carbons (Fsp3) is 0.455. The quantitative estimate of drug-likeness (QED) is 0.697. The standard InChI is InChI=1S/C11H14F2N2O2/c12-7-1-2-8(14)10(9(7)13)15-5-11(16)3-4-17-6-11/h1-2,15-16H,3-6,14H2. The van der Waals surface area contributed by atoms with Crippen molar-refractivity contribution in [1.29, 1.82) is 0 Å². The molecule has 1 aliphatic heterocycles. The van der Waals surface area contributed by atoms with Crippen LogP contribution in [0, 0.1) is 11.6 Å². The highest BCUT2D eigenvalue weighted by Gasteiger charge is 2.32. The van der Waals surface area contributed by atoms with Crippen LogP contribution in [-0.4, -0.2) is 30.5 Å². The maximum absolute atomic E-state index is 13.4. The number of benzene rings is 1. The Morgan fingerprint density at radius 2 is 2.24 bits per heavy atom. The number of aliphatic hydroxyl groups is 1. The van der Waals surface area contributed by atoms with Crippen molar-refractivity contribution in [1.82, 2.24) is 0 Å². The van der Waals surface area contributed by atoms with E-state index in [-0.39, 0.29) is 24.5 Å². The highest BCUT2D eigenvalue weighted by Crippen LogP contribution is 2.26. The van der Waals surface area contributed by atoms with E-state index in [0.717, 1.165) is 6.07 Å². The summed E-state index contributed by atoms with van der Waals surface area (Å²) in [5.41, 5.74) is 4.47. The van der Waals surface area contributed by atoms with Gasteiger partial charge in [-0.15, -0.1) is 0 Å². The molecular weight excluding hydrogens is 230 g/mol. The fourth-order valence-corrected chi connectivity index (χ4v) is 1.73. The smallest absolute Gasteiger partial charge is 0.183 e. The SMILES string of the molecule is Nc1ccc(F)c(F)c1NCC1(O)CCOC1. The van der Waals surface area contributed by atoms with Gasteiger partial charge in [0.1, 0.15) is 5.60 Å². The van der Waals surface area contributed by atoms with E-state index in [1.165, 1.54) is 6.07 Å². The van der Waals surface area contributed by atoms with Gasteiger partial charge in [0.2, 0.25) is 0 Å². The van der Waals surface area contributed by atoms with E-state index in [1.54, 1.807) is 0 Å². The average Bonchev–Trinajstić information content (AvgIpc) is 2.71. The number of hydrogen-bond acceptors (Lipinski definition) is 4. The lowest BCUT2D eigenvalue weighted by Crippen LogP contribution is -2.37. The molecule has 0 aliphatic carbocycles. The second-order valence-corrected chi connectivity index (χ2v) is 4.21. The first kappa shape index (κ1) is 12.1. The first-order valence-corrected chi connectivity index (χ1v) is 5.29. The van der Waals surface area contributed by atoms with Gasteiger partial charge in [-0.3, -0.25) is 0 Å². The monoisotopic (exact) mass is 244 g/mol. The maximum atomic E-state index is 13.4. The number of nitrogens with two attached hydrogens (primary N) is 1. The van der Waals surface area contributed by atoms with E-state index in [9.17, 15) is 13.9 Å². The van der Waals surface area contributed by atoms with Crippen molar-refractivity contribution in [3.8, 4) is 0 Å². The van der Waals surface area contributed by atoms with Crippen molar-refractivity contribution in [2.24, 2.45) is 0 Å². The lowest BCUT2D eigenvalue weighted by atomic mass is 10.0. The van der Waals surface area contributed by atoms with Crippen LogP contribution < -0.4 is 11.1 Å². The zero-order valence-electron chi connectivity index (χ0n) is 9.17. The van der Waals surface area contributed by atoms with E-state index in [0.29, 0.717) is 13.0 Å². The topological polar surface area (TPSA) is 67.5 Å². The van der Waals surface area contributed by atoms with Gasteiger partial charge in [0.15, 0.2) is 11.6 Å². The van der Waals surface area contributed by atoms with Crippen LogP contribution in [0.4, 0.5) is 20.2 Å². The third-order valence-corrected chi connectivity index (χ3v) is 2.80. The zero-order chi connectivity index (χ0) is 12.5. The fourth-order valence-electron chi connectivity index (χ4n) is 1.73. The van der Waals surface area contributed by atoms with Crippen molar-refractivity contribution >= 4 is 11.4 Å². The van der Waals surface area contributed by atoms with Gasteiger partial charge < -0.3 is 20.9 Å². The number of anilines is 2. The minimum Gasteiger partial charge on any atom is -0.397 e. The molecule has 94 valence electrons. The highest BCUT2D eigenvalue weighted by molar-refractivity contribution is 5.66. The maximum Gasteiger partial charge on any atom is 0.183 e. The molecule has 2 rings (SSSR count). The Hall–Kier alpha value is -1.40. The Labute approximate surface area is 97.4 Å². The number of nitrogen functional groups attached to an aromatic ring is 1. The lowest BCUT2D eigenvalue weighted by molar-refractivity contribution is 0.0381. The number of hydrogen-bond donors (Lipinski definition) is 3. The van der Waals surface area contributed by atoms with Gasteiger partial charge in [0.05, 0.1) is 18.0 Å². The van der Waals surface area contributed by atoms with E-state index < -0.39 is 17.2 Å². The largest absolute Gasteiger partial charge is 0.397 e. The minimum atomic E-state index is -1.05. The molecule has 0 saturated carbocycles. The summed E-state index contributed by atoms with van der Waals surface area (Å²) < 4.78 is 31.5. The summed E-state index contributed by atoms with van der Waals surface area (Å²) in [6.07, 6.45) is 0.455. The molecule has 1 aliphatic rings. The molecule has 0 amide bonds. The first-order valence-electron chi connectivity index (χ1n) is 5.29. The van der Waals surface area contributed by atoms with Crippen molar-refractivity contribution in [3.63, 3.8) is 0 Å². The Morgan fingerprint density at radius 1 is 1.47 bits per heavy atom. The second-order valence-electron chi connectivity index (χ2n) is 4.21. The lowest BCUT2D eigenvalue weighted by Gasteiger charge is -2.22. The second kappa shape index (κ2) is 4.46. The molecule has 17 heavy (non-hydrogen) atoms. The van der Waals surface area contributed by atoms with Gasteiger partial charge in [-0.25, -0.2) is 8.78 Å². The van der Waals surface area contributed by atoms with Crippen LogP contribution in [0.3, 0.4) is 0 Å². The molecule has 1 aromatic carbocycles. The van der Waals surface area contributed by atoms with Crippen molar-refractivity contribution in [3.05, 3.63) is 23.8 Å². The van der Waals surface area contributed by atoms with Gasteiger partial charge in [-0.05, 0) is 12.1 Å². The summed E-state index contributed by atoms with van der Waals surface area (Å²) in [6.45, 7) is 0.702. The van der Waals surface area contributed by atoms with Crippen LogP contribution in [-0.2, 0) is 4.74 Å². The van der Waals surface area contributed by atoms with Crippen molar-refractivity contribution in [2.75, 3.05) is 30.8 Å². The summed E-state index contributed by atoms with van der Waals surface area (Å²) in [5.74, 6) is -2.01. The van der Waals surface area contributed by atoms with Gasteiger partial charge >= 0.3 is 0 Å². The number of rotatable bonds is 3. The molecule has 1 unspecified atom stereocenters. The molecule has 1 aromatic rings. The highest BCUT2D eigenvalue weighted by atomic mass is 19.2. The zero-order valence-corrected chi connectivity index (χ0v) is 9.17. The van der Waals surface area contributed by atoms with E-state index in [1.807, 2.05) is 0 Å². The predicted octanol–water partition coefficient (Wildman–Crippen LogP) is 1.11. The van der Waals surface area contributed by atoms with Crippen molar-refractivity contribution in [2.45, 2.75) is 12.0 Å². The molecular formula is C11H14F2N2O2. The molecule has 4 N–H and O–H groups in total. The normalized spacial score (nSPS) is 23.9. The minimum absolute atomic E-state index is 0.0670.